The number of nitrogens with one attached hydrogen (secondary N) is 2. The molecule has 1 fully saturated rings. The van der Waals surface area contributed by atoms with Gasteiger partial charge < -0.3 is 10.2 Å². The molecule has 53 heavy (non-hydrogen) atoms. The Bertz CT molecular complexity index is 2350. The average molecular weight is 782 g/mol. The summed E-state index contributed by atoms with van der Waals surface area (Å²) in [5.41, 5.74) is 1.17. The van der Waals surface area contributed by atoms with Crippen molar-refractivity contribution in [1.29, 1.82) is 0 Å². The van der Waals surface area contributed by atoms with Crippen LogP contribution in [0.5, 0.6) is 0 Å². The van der Waals surface area contributed by atoms with E-state index in [1.165, 1.54) is 16.9 Å². The number of aromatic nitrogens is 3. The molecule has 2 aromatic carbocycles. The molecule has 1 amide bonds. The van der Waals surface area contributed by atoms with Crippen LogP contribution in [0.4, 0.5) is 37.8 Å². The topological polar surface area (TPSA) is 125 Å². The molecule has 3 aliphatic rings. The Morgan fingerprint density at radius 3 is 2.47 bits per heavy atom. The molecule has 2 aromatic heterocycles. The van der Waals surface area contributed by atoms with Crippen molar-refractivity contribution >= 4 is 49.9 Å². The number of carbonyl (C=O) groups excluding carboxylic acids is 1. The monoisotopic (exact) mass is 781 g/mol. The van der Waals surface area contributed by atoms with Gasteiger partial charge in [0.15, 0.2) is 5.82 Å². The van der Waals surface area contributed by atoms with Crippen molar-refractivity contribution in [2.75, 3.05) is 36.5 Å². The van der Waals surface area contributed by atoms with Crippen LogP contribution in [-0.4, -0.2) is 79.1 Å². The molecule has 0 radical (unpaired) electrons. The number of halogens is 7. The van der Waals surface area contributed by atoms with Gasteiger partial charge in [0.2, 0.25) is 16.1 Å². The lowest BCUT2D eigenvalue weighted by molar-refractivity contribution is -0.548. The Hall–Kier alpha value is -4.71. The van der Waals surface area contributed by atoms with E-state index in [0.717, 1.165) is 18.4 Å². The summed E-state index contributed by atoms with van der Waals surface area (Å²) in [6.45, 7) is -0.844. The second-order valence-electron chi connectivity index (χ2n) is 13.6. The number of hydrogen-bond acceptors (Lipinski definition) is 7. The minimum atomic E-state index is -3.79. The number of nitrogens with zero attached hydrogens (tertiary/aromatic N) is 6. The molecular weight excluding hydrogens is 750 g/mol. The lowest BCUT2D eigenvalue weighted by atomic mass is 9.93. The van der Waals surface area contributed by atoms with Crippen molar-refractivity contribution in [2.45, 2.75) is 37.3 Å². The van der Waals surface area contributed by atoms with Crippen molar-refractivity contribution in [1.82, 2.24) is 20.1 Å². The molecule has 1 unspecified atom stereocenters. The molecule has 4 aromatic rings. The lowest BCUT2D eigenvalue weighted by Gasteiger charge is -2.23. The van der Waals surface area contributed by atoms with Crippen molar-refractivity contribution in [3.63, 3.8) is 0 Å². The first-order valence-corrected chi connectivity index (χ1v) is 18.5. The number of anilines is 2. The highest BCUT2D eigenvalue weighted by Gasteiger charge is 2.74. The van der Waals surface area contributed by atoms with Gasteiger partial charge in [0.25, 0.3) is 24.6 Å². The van der Waals surface area contributed by atoms with Crippen LogP contribution >= 0.6 is 11.6 Å². The Balaban J connectivity index is 1.34. The first-order chi connectivity index (χ1) is 24.8. The number of pyridine rings is 1. The average Bonchev–Trinajstić information content (AvgIpc) is 3.59. The van der Waals surface area contributed by atoms with Crippen LogP contribution in [0, 0.1) is 23.5 Å². The number of carbonyl (C=O) groups is 1. The van der Waals surface area contributed by atoms with Crippen LogP contribution in [0.15, 0.2) is 59.0 Å². The summed E-state index contributed by atoms with van der Waals surface area (Å²) in [7, 11) is 1.27. The number of sulfonamides is 1. The number of hydrogen-bond donors (Lipinski definition) is 2. The summed E-state index contributed by atoms with van der Waals surface area (Å²) in [5.74, 6) is -8.04. The predicted octanol–water partition coefficient (Wildman–Crippen LogP) is 6.06. The molecule has 3 heterocycles. The Morgan fingerprint density at radius 2 is 1.83 bits per heavy atom. The Labute approximate surface area is 304 Å². The van der Waals surface area contributed by atoms with Crippen LogP contribution < -0.4 is 14.9 Å². The number of aryl methyl sites for hydroxylation is 1. The SMILES string of the molecule is CN(C)c1cnc([C@H](Cc2cc(F)cc(F)c2)NC(=O)C[N+]2=NC(C(F)F)C3=C2C(F)(F)[C@@H]2C[C@H]32)c(-c2ccc(Cl)c3c(NS(C)(=O)=O)nn(C)c23)c1. The summed E-state index contributed by atoms with van der Waals surface area (Å²) in [4.78, 5) is 20.2. The van der Waals surface area contributed by atoms with E-state index in [0.29, 0.717) is 33.1 Å². The molecule has 11 nitrogen and oxygen atoms in total. The number of benzene rings is 2. The van der Waals surface area contributed by atoms with E-state index >= 15 is 8.78 Å². The zero-order valence-electron chi connectivity index (χ0n) is 28.5. The summed E-state index contributed by atoms with van der Waals surface area (Å²) in [6, 6.07) is 4.67. The maximum Gasteiger partial charge on any atom is 0.335 e. The van der Waals surface area contributed by atoms with Gasteiger partial charge in [-0.3, -0.25) is 19.2 Å². The second kappa shape index (κ2) is 13.0. The van der Waals surface area contributed by atoms with E-state index in [9.17, 15) is 30.8 Å². The van der Waals surface area contributed by atoms with Crippen LogP contribution in [0.1, 0.15) is 23.7 Å². The van der Waals surface area contributed by atoms with Gasteiger partial charge in [-0.2, -0.15) is 13.9 Å². The highest BCUT2D eigenvalue weighted by Crippen LogP contribution is 2.65. The zero-order chi connectivity index (χ0) is 38.3. The number of amides is 1. The van der Waals surface area contributed by atoms with Crippen LogP contribution in [0.25, 0.3) is 22.0 Å². The number of alkyl halides is 4. The number of azo groups is 2. The quantitative estimate of drug-likeness (QED) is 0.141. The van der Waals surface area contributed by atoms with Crippen LogP contribution in [-0.2, 0) is 28.3 Å². The minimum Gasteiger partial charge on any atom is -0.376 e. The molecule has 2 aliphatic carbocycles. The smallest absolute Gasteiger partial charge is 0.335 e. The molecule has 0 bridgehead atoms. The van der Waals surface area contributed by atoms with Gasteiger partial charge in [0.1, 0.15) is 11.6 Å². The van der Waals surface area contributed by atoms with Crippen molar-refractivity contribution in [3.05, 3.63) is 81.8 Å². The number of rotatable bonds is 11. The third-order valence-electron chi connectivity index (χ3n) is 9.58. The number of fused-ring (bicyclic) bond motifs is 3. The molecule has 19 heteroatoms. The molecule has 7 rings (SSSR count). The summed E-state index contributed by atoms with van der Waals surface area (Å²) < 4.78 is 116. The van der Waals surface area contributed by atoms with E-state index < -0.39 is 76.1 Å². The first kappa shape index (κ1) is 36.6. The Kier molecular flexibility index (Phi) is 8.99. The maximum atomic E-state index is 15.3. The van der Waals surface area contributed by atoms with Gasteiger partial charge in [0.05, 0.1) is 45.8 Å². The molecule has 280 valence electrons. The molecule has 4 atom stereocenters. The highest BCUT2D eigenvalue weighted by molar-refractivity contribution is 7.92. The van der Waals surface area contributed by atoms with E-state index in [1.807, 2.05) is 0 Å². The second-order valence-corrected chi connectivity index (χ2v) is 15.8. The molecule has 2 N–H and O–H groups in total. The fourth-order valence-electron chi connectivity index (χ4n) is 7.34. The highest BCUT2D eigenvalue weighted by atomic mass is 35.5. The normalized spacial score (nSPS) is 20.8. The van der Waals surface area contributed by atoms with Crippen molar-refractivity contribution in [3.8, 4) is 11.1 Å². The van der Waals surface area contributed by atoms with Gasteiger partial charge in [-0.05, 0) is 53.7 Å². The Morgan fingerprint density at radius 1 is 1.13 bits per heavy atom. The molecular formula is C34H32ClF6N8O3S+. The van der Waals surface area contributed by atoms with Gasteiger partial charge in [-0.1, -0.05) is 22.4 Å². The van der Waals surface area contributed by atoms with Gasteiger partial charge in [-0.25, -0.2) is 26.0 Å². The van der Waals surface area contributed by atoms with Crippen LogP contribution in [0.2, 0.25) is 5.02 Å². The van der Waals surface area contributed by atoms with E-state index in [4.69, 9.17) is 11.6 Å². The third-order valence-corrected chi connectivity index (χ3v) is 10.5. The summed E-state index contributed by atoms with van der Waals surface area (Å²) in [6.07, 6.45) is -0.808. The van der Waals surface area contributed by atoms with E-state index in [2.05, 4.69) is 25.2 Å². The maximum absolute atomic E-state index is 15.3. The van der Waals surface area contributed by atoms with Crippen molar-refractivity contribution < 1.29 is 44.3 Å². The molecule has 0 saturated heterocycles. The van der Waals surface area contributed by atoms with E-state index in [1.54, 1.807) is 38.2 Å². The number of allylic oxidation sites excluding steroid dienone is 1. The molecule has 0 spiro atoms. The van der Waals surface area contributed by atoms with Crippen LogP contribution in [0.3, 0.4) is 0 Å². The summed E-state index contributed by atoms with van der Waals surface area (Å²) in [5, 5.41) is 11.3. The van der Waals surface area contributed by atoms with E-state index in [-0.39, 0.29) is 45.9 Å². The largest absolute Gasteiger partial charge is 0.376 e. The lowest BCUT2D eigenvalue weighted by Crippen LogP contribution is -2.38. The standard InChI is InChI=1S/C34H31ClF6N8O3S/c1-47(2)18-11-20(19-5-6-23(35)27-30(19)48(3)45-33(27)46-53(4,51)52)28(42-13-18)24(9-15-7-16(36)10-17(37)8-15)43-25(50)14-49-31-26(29(44-49)32(38)39)21-12-22(21)34(31,40)41/h5-8,10-11,13,21-22,24,29,32H,9,12,14H2,1-4H3,(H-,43,45,46,50)/p+1/t21-,22+,24-,29?/m0/s1. The zero-order valence-corrected chi connectivity index (χ0v) is 30.1. The fraction of sp³-hybridized carbons (Fsp3) is 0.382. The first-order valence-electron chi connectivity index (χ1n) is 16.3. The minimum absolute atomic E-state index is 0.0540. The van der Waals surface area contributed by atoms with Gasteiger partial charge >= 0.3 is 5.92 Å². The van der Waals surface area contributed by atoms with Gasteiger partial charge in [-0.15, -0.1) is 0 Å². The summed E-state index contributed by atoms with van der Waals surface area (Å²) >= 11 is 6.58. The van der Waals surface area contributed by atoms with Crippen molar-refractivity contribution in [2.24, 2.45) is 24.0 Å². The molecule has 1 aliphatic heterocycles. The third kappa shape index (κ3) is 6.70. The molecule has 1 saturated carbocycles. The fourth-order valence-corrected chi connectivity index (χ4v) is 8.08. The predicted molar refractivity (Wildman–Crippen MR) is 184 cm³/mol. The van der Waals surface area contributed by atoms with Gasteiger partial charge in [0, 0.05) is 49.8 Å².